The third-order valence-corrected chi connectivity index (χ3v) is 9.46. The van der Waals surface area contributed by atoms with E-state index in [-0.39, 0.29) is 17.7 Å². The lowest BCUT2D eigenvalue weighted by atomic mass is 9.88. The van der Waals surface area contributed by atoms with E-state index in [9.17, 15) is 18.4 Å². The molecule has 1 saturated carbocycles. The normalized spacial score (nSPS) is 15.7. The molecular weight excluding hydrogens is 466 g/mol. The topological polar surface area (TPSA) is 117 Å². The van der Waals surface area contributed by atoms with Crippen LogP contribution in [-0.4, -0.2) is 52.4 Å². The average Bonchev–Trinajstić information content (AvgIpc) is 3.38. The molecule has 3 aromatic rings. The molecule has 1 aromatic heterocycles. The van der Waals surface area contributed by atoms with Gasteiger partial charge in [-0.25, -0.2) is 18.6 Å². The van der Waals surface area contributed by atoms with E-state index in [0.29, 0.717) is 30.3 Å². The second-order valence-electron chi connectivity index (χ2n) is 9.29. The van der Waals surface area contributed by atoms with Gasteiger partial charge in [0.2, 0.25) is 0 Å². The Kier molecular flexibility index (Phi) is 6.95. The molecule has 4 rings (SSSR count). The molecule has 9 nitrogen and oxygen atoms in total. The first kappa shape index (κ1) is 24.9. The van der Waals surface area contributed by atoms with Crippen molar-refractivity contribution in [2.24, 2.45) is 0 Å². The van der Waals surface area contributed by atoms with Gasteiger partial charge in [-0.05, 0) is 63.1 Å². The molecule has 1 heterocycles. The zero-order valence-corrected chi connectivity index (χ0v) is 21.0. The van der Waals surface area contributed by atoms with Crippen molar-refractivity contribution in [1.82, 2.24) is 20.5 Å². The van der Waals surface area contributed by atoms with Crippen LogP contribution in [-0.2, 0) is 14.6 Å². The van der Waals surface area contributed by atoms with Crippen LogP contribution in [0.2, 0.25) is 0 Å². The summed E-state index contributed by atoms with van der Waals surface area (Å²) in [5.74, 6) is -0.868. The summed E-state index contributed by atoms with van der Waals surface area (Å²) in [5.41, 5.74) is 4.95. The van der Waals surface area contributed by atoms with Gasteiger partial charge in [0.15, 0.2) is 14.6 Å². The summed E-state index contributed by atoms with van der Waals surface area (Å²) in [4.78, 5) is 14.7. The van der Waals surface area contributed by atoms with Crippen LogP contribution in [0.1, 0.15) is 46.0 Å². The van der Waals surface area contributed by atoms with E-state index in [0.717, 1.165) is 17.7 Å². The number of carbonyl (C=O) groups excluding carboxylic acids is 1. The fraction of sp³-hybridized carbons (Fsp3) is 0.400. The Bertz CT molecular complexity index is 1280. The minimum absolute atomic E-state index is 0.0388. The summed E-state index contributed by atoms with van der Waals surface area (Å²) < 4.78 is 26.8. The molecule has 0 atom stereocenters. The van der Waals surface area contributed by atoms with Gasteiger partial charge in [0, 0.05) is 24.3 Å². The van der Waals surface area contributed by atoms with Gasteiger partial charge in [0.1, 0.15) is 5.69 Å². The molecule has 0 bridgehead atoms. The standard InChI is InChI=1S/C25H31N5O4S/c1-18(2)29(3)20-9-7-19(8-10-20)23-17-30(28-26-23)21-11-13-22(14-12-21)35(33,34)25(24(31)27-32)15-5-4-6-16-25/h7-14,17-18,32H,4-6,15-16H2,1-3H3,(H,27,31). The zero-order valence-electron chi connectivity index (χ0n) is 20.2. The van der Waals surface area contributed by atoms with Gasteiger partial charge in [-0.1, -0.05) is 36.6 Å². The van der Waals surface area contributed by atoms with E-state index in [4.69, 9.17) is 0 Å². The molecule has 0 unspecified atom stereocenters. The maximum absolute atomic E-state index is 13.5. The second kappa shape index (κ2) is 9.79. The molecule has 35 heavy (non-hydrogen) atoms. The molecule has 0 radical (unpaired) electrons. The van der Waals surface area contributed by atoms with Crippen LogP contribution in [0.5, 0.6) is 0 Å². The molecule has 1 fully saturated rings. The van der Waals surface area contributed by atoms with Crippen LogP contribution in [0.25, 0.3) is 16.9 Å². The number of nitrogens with one attached hydrogen (secondary N) is 1. The SMILES string of the molecule is CC(C)N(C)c1ccc(-c2cn(-c3ccc(S(=O)(=O)C4(C(=O)NO)CCCCC4)cc3)nn2)cc1. The third kappa shape index (κ3) is 4.55. The van der Waals surface area contributed by atoms with E-state index >= 15 is 0 Å². The predicted molar refractivity (Wildman–Crippen MR) is 133 cm³/mol. The first-order valence-corrected chi connectivity index (χ1v) is 13.2. The molecule has 10 heteroatoms. The van der Waals surface area contributed by atoms with Crippen molar-refractivity contribution in [1.29, 1.82) is 0 Å². The number of carbonyl (C=O) groups is 1. The Morgan fingerprint density at radius 2 is 1.69 bits per heavy atom. The number of amides is 1. The molecule has 0 saturated heterocycles. The van der Waals surface area contributed by atoms with Crippen LogP contribution in [0, 0.1) is 0 Å². The minimum Gasteiger partial charge on any atom is -0.372 e. The number of hydroxylamine groups is 1. The molecule has 0 spiro atoms. The van der Waals surface area contributed by atoms with Crippen LogP contribution < -0.4 is 10.4 Å². The smallest absolute Gasteiger partial charge is 0.265 e. The lowest BCUT2D eigenvalue weighted by molar-refractivity contribution is -0.132. The Labute approximate surface area is 205 Å². The van der Waals surface area contributed by atoms with E-state index in [2.05, 4.69) is 29.1 Å². The number of benzene rings is 2. The van der Waals surface area contributed by atoms with Crippen molar-refractivity contribution in [3.63, 3.8) is 0 Å². The average molecular weight is 498 g/mol. The van der Waals surface area contributed by atoms with Crippen molar-refractivity contribution >= 4 is 21.4 Å². The van der Waals surface area contributed by atoms with Gasteiger partial charge < -0.3 is 4.90 Å². The second-order valence-corrected chi connectivity index (χ2v) is 11.6. The lowest BCUT2D eigenvalue weighted by Crippen LogP contribution is -2.52. The van der Waals surface area contributed by atoms with E-state index in [1.54, 1.807) is 28.5 Å². The van der Waals surface area contributed by atoms with Crippen LogP contribution >= 0.6 is 0 Å². The van der Waals surface area contributed by atoms with E-state index in [1.807, 2.05) is 31.3 Å². The number of hydrogen-bond donors (Lipinski definition) is 2. The number of rotatable bonds is 7. The van der Waals surface area contributed by atoms with Crippen molar-refractivity contribution < 1.29 is 18.4 Å². The number of hydrogen-bond acceptors (Lipinski definition) is 7. The highest BCUT2D eigenvalue weighted by Gasteiger charge is 2.51. The molecule has 0 aliphatic heterocycles. The van der Waals surface area contributed by atoms with Gasteiger partial charge in [-0.3, -0.25) is 10.0 Å². The van der Waals surface area contributed by atoms with Crippen LogP contribution in [0.3, 0.4) is 0 Å². The monoisotopic (exact) mass is 497 g/mol. The highest BCUT2D eigenvalue weighted by atomic mass is 32.2. The molecular formula is C25H31N5O4S. The molecule has 1 aliphatic carbocycles. The highest BCUT2D eigenvalue weighted by Crippen LogP contribution is 2.39. The zero-order chi connectivity index (χ0) is 25.2. The van der Waals surface area contributed by atoms with Crippen molar-refractivity contribution in [2.45, 2.75) is 61.6 Å². The van der Waals surface area contributed by atoms with E-state index < -0.39 is 20.5 Å². The number of nitrogens with zero attached hydrogens (tertiary/aromatic N) is 4. The van der Waals surface area contributed by atoms with E-state index in [1.165, 1.54) is 12.1 Å². The first-order valence-electron chi connectivity index (χ1n) is 11.7. The maximum atomic E-state index is 13.5. The highest BCUT2D eigenvalue weighted by molar-refractivity contribution is 7.93. The van der Waals surface area contributed by atoms with Crippen LogP contribution in [0.4, 0.5) is 5.69 Å². The summed E-state index contributed by atoms with van der Waals surface area (Å²) in [6.45, 7) is 4.26. The third-order valence-electron chi connectivity index (χ3n) is 6.94. The lowest BCUT2D eigenvalue weighted by Gasteiger charge is -2.34. The van der Waals surface area contributed by atoms with Crippen LogP contribution in [0.15, 0.2) is 59.6 Å². The summed E-state index contributed by atoms with van der Waals surface area (Å²) >= 11 is 0. The number of anilines is 1. The van der Waals surface area contributed by atoms with Gasteiger partial charge in [-0.2, -0.15) is 0 Å². The Morgan fingerprint density at radius 1 is 1.06 bits per heavy atom. The maximum Gasteiger partial charge on any atom is 0.265 e. The summed E-state index contributed by atoms with van der Waals surface area (Å²) in [6, 6.07) is 14.7. The van der Waals surface area contributed by atoms with Gasteiger partial charge in [0.05, 0.1) is 16.8 Å². The molecule has 1 amide bonds. The van der Waals surface area contributed by atoms with Gasteiger partial charge in [-0.15, -0.1) is 5.10 Å². The molecule has 2 N–H and O–H groups in total. The van der Waals surface area contributed by atoms with Crippen molar-refractivity contribution in [3.8, 4) is 16.9 Å². The Hall–Kier alpha value is -3.24. The van der Waals surface area contributed by atoms with Crippen molar-refractivity contribution in [2.75, 3.05) is 11.9 Å². The summed E-state index contributed by atoms with van der Waals surface area (Å²) in [6.07, 6.45) is 4.24. The van der Waals surface area contributed by atoms with Crippen molar-refractivity contribution in [3.05, 3.63) is 54.7 Å². The molecule has 1 aliphatic rings. The minimum atomic E-state index is -4.01. The largest absolute Gasteiger partial charge is 0.372 e. The predicted octanol–water partition coefficient (Wildman–Crippen LogP) is 3.76. The number of sulfone groups is 1. The quantitative estimate of drug-likeness (QED) is 0.377. The fourth-order valence-corrected chi connectivity index (χ4v) is 6.60. The van der Waals surface area contributed by atoms with Gasteiger partial charge in [0.25, 0.3) is 5.91 Å². The fourth-order valence-electron chi connectivity index (χ4n) is 4.53. The summed E-state index contributed by atoms with van der Waals surface area (Å²) in [5, 5.41) is 17.7. The molecule has 186 valence electrons. The summed E-state index contributed by atoms with van der Waals surface area (Å²) in [7, 11) is -1.96. The number of aromatic nitrogens is 3. The Morgan fingerprint density at radius 3 is 2.26 bits per heavy atom. The molecule has 2 aromatic carbocycles. The first-order chi connectivity index (χ1) is 16.7. The van der Waals surface area contributed by atoms with Gasteiger partial charge >= 0.3 is 0 Å². The Balaban J connectivity index is 1.57.